The molecule has 2 N–H and O–H groups in total. The molecule has 0 saturated heterocycles. The van der Waals surface area contributed by atoms with Crippen LogP contribution in [-0.2, 0) is 9.53 Å². The molecule has 7 heteroatoms. The number of thioether (sulfide) groups is 1. The van der Waals surface area contributed by atoms with Crippen molar-refractivity contribution in [3.05, 3.63) is 16.8 Å². The summed E-state index contributed by atoms with van der Waals surface area (Å²) >= 11 is 2.86. The van der Waals surface area contributed by atoms with Gasteiger partial charge in [-0.05, 0) is 19.9 Å². The SMILES string of the molecule is CCOC(=O)CSc1nc(C)nc2sc(C#CCN)cc12. The van der Waals surface area contributed by atoms with Gasteiger partial charge in [0.2, 0.25) is 0 Å². The van der Waals surface area contributed by atoms with E-state index < -0.39 is 0 Å². The van der Waals surface area contributed by atoms with Crippen molar-refractivity contribution in [3.63, 3.8) is 0 Å². The summed E-state index contributed by atoms with van der Waals surface area (Å²) in [5, 5.41) is 1.70. The number of carbonyl (C=O) groups excluding carboxylic acids is 1. The summed E-state index contributed by atoms with van der Waals surface area (Å²) in [5.74, 6) is 6.49. The highest BCUT2D eigenvalue weighted by Crippen LogP contribution is 2.31. The lowest BCUT2D eigenvalue weighted by Gasteiger charge is -2.03. The Balaban J connectivity index is 2.29. The van der Waals surface area contributed by atoms with Gasteiger partial charge in [-0.15, -0.1) is 11.3 Å². The van der Waals surface area contributed by atoms with Crippen molar-refractivity contribution in [2.75, 3.05) is 18.9 Å². The predicted molar refractivity (Wildman–Crippen MR) is 85.4 cm³/mol. The summed E-state index contributed by atoms with van der Waals surface area (Å²) in [4.78, 5) is 22.0. The monoisotopic (exact) mass is 321 g/mol. The third kappa shape index (κ3) is 4.17. The zero-order valence-electron chi connectivity index (χ0n) is 11.8. The summed E-state index contributed by atoms with van der Waals surface area (Å²) in [7, 11) is 0. The fourth-order valence-electron chi connectivity index (χ4n) is 1.64. The Hall–Kier alpha value is -1.62. The fraction of sp³-hybridized carbons (Fsp3) is 0.357. The lowest BCUT2D eigenvalue weighted by atomic mass is 10.3. The summed E-state index contributed by atoms with van der Waals surface area (Å²) < 4.78 is 4.93. The Bertz CT molecular complexity index is 716. The van der Waals surface area contributed by atoms with Gasteiger partial charge >= 0.3 is 5.97 Å². The summed E-state index contributed by atoms with van der Waals surface area (Å²) in [5.41, 5.74) is 5.38. The first-order chi connectivity index (χ1) is 10.1. The molecule has 0 radical (unpaired) electrons. The number of nitrogens with two attached hydrogens (primary N) is 1. The first-order valence-electron chi connectivity index (χ1n) is 6.39. The smallest absolute Gasteiger partial charge is 0.316 e. The Kier molecular flexibility index (Phi) is 5.56. The number of carbonyl (C=O) groups is 1. The second-order valence-electron chi connectivity index (χ2n) is 4.01. The highest BCUT2D eigenvalue weighted by molar-refractivity contribution is 8.00. The average Bonchev–Trinajstić information content (AvgIpc) is 2.85. The van der Waals surface area contributed by atoms with Crippen LogP contribution in [0.3, 0.4) is 0 Å². The topological polar surface area (TPSA) is 78.1 Å². The van der Waals surface area contributed by atoms with E-state index in [4.69, 9.17) is 10.5 Å². The van der Waals surface area contributed by atoms with Gasteiger partial charge in [-0.3, -0.25) is 4.79 Å². The van der Waals surface area contributed by atoms with Crippen LogP contribution in [0.5, 0.6) is 0 Å². The van der Waals surface area contributed by atoms with Crippen LogP contribution in [-0.4, -0.2) is 34.8 Å². The van der Waals surface area contributed by atoms with E-state index in [1.54, 1.807) is 6.92 Å². The minimum Gasteiger partial charge on any atom is -0.465 e. The molecule has 2 aromatic heterocycles. The van der Waals surface area contributed by atoms with Gasteiger partial charge in [-0.1, -0.05) is 23.6 Å². The van der Waals surface area contributed by atoms with Gasteiger partial charge in [0.1, 0.15) is 15.7 Å². The number of hydrogen-bond acceptors (Lipinski definition) is 7. The third-order valence-corrected chi connectivity index (χ3v) is 4.32. The minimum atomic E-state index is -0.245. The second-order valence-corrected chi connectivity index (χ2v) is 6.00. The molecule has 0 unspecified atom stereocenters. The number of fused-ring (bicyclic) bond motifs is 1. The Morgan fingerprint density at radius 3 is 3.05 bits per heavy atom. The van der Waals surface area contributed by atoms with Crippen LogP contribution < -0.4 is 5.73 Å². The molecular weight excluding hydrogens is 306 g/mol. The molecule has 2 rings (SSSR count). The fourth-order valence-corrected chi connectivity index (χ4v) is 3.50. The first-order valence-corrected chi connectivity index (χ1v) is 8.19. The molecule has 0 aromatic carbocycles. The molecule has 0 fully saturated rings. The molecule has 2 heterocycles. The highest BCUT2D eigenvalue weighted by atomic mass is 32.2. The molecule has 0 spiro atoms. The zero-order chi connectivity index (χ0) is 15.2. The van der Waals surface area contributed by atoms with E-state index in [0.717, 1.165) is 20.1 Å². The van der Waals surface area contributed by atoms with Crippen molar-refractivity contribution in [3.8, 4) is 11.8 Å². The van der Waals surface area contributed by atoms with E-state index in [9.17, 15) is 4.79 Å². The van der Waals surface area contributed by atoms with E-state index in [2.05, 4.69) is 21.8 Å². The Morgan fingerprint density at radius 1 is 1.52 bits per heavy atom. The van der Waals surface area contributed by atoms with Crippen molar-refractivity contribution in [1.29, 1.82) is 0 Å². The van der Waals surface area contributed by atoms with Crippen LogP contribution >= 0.6 is 23.1 Å². The van der Waals surface area contributed by atoms with Gasteiger partial charge in [-0.2, -0.15) is 0 Å². The zero-order valence-corrected chi connectivity index (χ0v) is 13.4. The van der Waals surface area contributed by atoms with Gasteiger partial charge in [-0.25, -0.2) is 9.97 Å². The first kappa shape index (κ1) is 15.8. The second kappa shape index (κ2) is 7.41. The predicted octanol–water partition coefficient (Wildman–Crippen LogP) is 1.97. The van der Waals surface area contributed by atoms with Crippen molar-refractivity contribution in [2.45, 2.75) is 18.9 Å². The largest absolute Gasteiger partial charge is 0.465 e. The molecule has 110 valence electrons. The molecule has 2 aromatic rings. The molecule has 21 heavy (non-hydrogen) atoms. The normalized spacial score (nSPS) is 10.2. The minimum absolute atomic E-state index is 0.235. The van der Waals surface area contributed by atoms with E-state index in [1.807, 2.05) is 13.0 Å². The lowest BCUT2D eigenvalue weighted by molar-refractivity contribution is -0.139. The van der Waals surface area contributed by atoms with Crippen LogP contribution in [0.25, 0.3) is 10.2 Å². The van der Waals surface area contributed by atoms with Crippen molar-refractivity contribution >= 4 is 39.3 Å². The van der Waals surface area contributed by atoms with Crippen LogP contribution in [0.2, 0.25) is 0 Å². The molecule has 0 amide bonds. The van der Waals surface area contributed by atoms with Gasteiger partial charge in [0.15, 0.2) is 0 Å². The van der Waals surface area contributed by atoms with Crippen molar-refractivity contribution < 1.29 is 9.53 Å². The van der Waals surface area contributed by atoms with Gasteiger partial charge in [0, 0.05) is 5.39 Å². The van der Waals surface area contributed by atoms with Crippen LogP contribution in [0.4, 0.5) is 0 Å². The van der Waals surface area contributed by atoms with Crippen molar-refractivity contribution in [1.82, 2.24) is 9.97 Å². The van der Waals surface area contributed by atoms with E-state index >= 15 is 0 Å². The lowest BCUT2D eigenvalue weighted by Crippen LogP contribution is -2.06. The molecule has 0 aliphatic heterocycles. The number of esters is 1. The van der Waals surface area contributed by atoms with E-state index in [-0.39, 0.29) is 11.7 Å². The standard InChI is InChI=1S/C14H15N3O2S2/c1-3-19-12(18)8-20-13-11-7-10(5-4-6-15)21-14(11)17-9(2)16-13/h7H,3,6,8,15H2,1-2H3. The number of nitrogens with zero attached hydrogens (tertiary/aromatic N) is 2. The summed E-state index contributed by atoms with van der Waals surface area (Å²) in [6, 6.07) is 1.94. The number of aryl methyl sites for hydroxylation is 1. The number of aromatic nitrogens is 2. The molecule has 0 aliphatic carbocycles. The molecule has 0 aliphatic rings. The Morgan fingerprint density at radius 2 is 2.33 bits per heavy atom. The number of hydrogen-bond donors (Lipinski definition) is 1. The maximum absolute atomic E-state index is 11.5. The average molecular weight is 321 g/mol. The van der Waals surface area contributed by atoms with E-state index in [1.165, 1.54) is 23.1 Å². The quantitative estimate of drug-likeness (QED) is 0.401. The van der Waals surface area contributed by atoms with Crippen LogP contribution in [0.15, 0.2) is 11.1 Å². The number of rotatable bonds is 4. The molecular formula is C14H15N3O2S2. The third-order valence-electron chi connectivity index (χ3n) is 2.42. The Labute approximate surface area is 131 Å². The highest BCUT2D eigenvalue weighted by Gasteiger charge is 2.12. The van der Waals surface area contributed by atoms with Gasteiger partial charge < -0.3 is 10.5 Å². The van der Waals surface area contributed by atoms with Gasteiger partial charge in [0.25, 0.3) is 0 Å². The van der Waals surface area contributed by atoms with Crippen molar-refractivity contribution in [2.24, 2.45) is 5.73 Å². The summed E-state index contributed by atoms with van der Waals surface area (Å²) in [6.45, 7) is 4.33. The molecule has 0 saturated carbocycles. The maximum Gasteiger partial charge on any atom is 0.316 e. The van der Waals surface area contributed by atoms with Crippen LogP contribution in [0.1, 0.15) is 17.6 Å². The molecule has 0 bridgehead atoms. The number of ether oxygens (including phenoxy) is 1. The van der Waals surface area contributed by atoms with Crippen LogP contribution in [0, 0.1) is 18.8 Å². The maximum atomic E-state index is 11.5. The van der Waals surface area contributed by atoms with E-state index in [0.29, 0.717) is 19.0 Å². The van der Waals surface area contributed by atoms with Gasteiger partial charge in [0.05, 0.1) is 23.8 Å². The number of thiophene rings is 1. The molecule has 5 nitrogen and oxygen atoms in total. The summed E-state index contributed by atoms with van der Waals surface area (Å²) in [6.07, 6.45) is 0. The molecule has 0 atom stereocenters.